The average Bonchev–Trinajstić information content (AvgIpc) is 2.82. The number of carbonyl (C=O) groups excluding carboxylic acids is 3. The van der Waals surface area contributed by atoms with E-state index in [9.17, 15) is 18.8 Å². The molecule has 1 heterocycles. The van der Waals surface area contributed by atoms with Gasteiger partial charge in [0.05, 0.1) is 0 Å². The topological polar surface area (TPSA) is 97.7 Å². The monoisotopic (exact) mass is 437 g/mol. The summed E-state index contributed by atoms with van der Waals surface area (Å²) in [6, 6.07) is 5.18. The fraction of sp³-hybridized carbons (Fsp3) is 0.524. The number of benzene rings is 1. The van der Waals surface area contributed by atoms with E-state index in [1.165, 1.54) is 38.2 Å². The number of nitrogens with zero attached hydrogens (tertiary/aromatic N) is 3. The number of rotatable bonds is 2. The Labute approximate surface area is 180 Å². The van der Waals surface area contributed by atoms with Gasteiger partial charge in [-0.3, -0.25) is 9.63 Å². The SMILES string of the molecule is CN1N=C(c2ccc(F)cc2)C(C)(N(OC(=O)OC(C)(C)C)C(=O)OC(C)(C)C)C1=O. The molecule has 1 aliphatic heterocycles. The second-order valence-corrected chi connectivity index (χ2v) is 9.19. The van der Waals surface area contributed by atoms with Gasteiger partial charge in [0.2, 0.25) is 5.54 Å². The molecular weight excluding hydrogens is 409 g/mol. The van der Waals surface area contributed by atoms with Crippen molar-refractivity contribution in [1.82, 2.24) is 10.1 Å². The first-order valence-corrected chi connectivity index (χ1v) is 9.62. The number of ether oxygens (including phenoxy) is 2. The summed E-state index contributed by atoms with van der Waals surface area (Å²) in [5.74, 6) is -1.15. The molecule has 10 heteroatoms. The third-order valence-electron chi connectivity index (χ3n) is 4.06. The standard InChI is InChI=1S/C21H28FN3O6/c1-19(2,3)29-17(27)25(31-18(28)30-20(4,5)6)21(7)15(23-24(8)16(21)26)13-9-11-14(22)12-10-13/h9-12H,1-8H3. The van der Waals surface area contributed by atoms with E-state index in [1.807, 2.05) is 0 Å². The minimum atomic E-state index is -1.90. The molecule has 0 aromatic heterocycles. The predicted molar refractivity (Wildman–Crippen MR) is 110 cm³/mol. The summed E-state index contributed by atoms with van der Waals surface area (Å²) in [7, 11) is 1.39. The summed E-state index contributed by atoms with van der Waals surface area (Å²) < 4.78 is 23.9. The number of hydrogen-bond acceptors (Lipinski definition) is 7. The van der Waals surface area contributed by atoms with Crippen molar-refractivity contribution in [3.8, 4) is 0 Å². The molecule has 1 aromatic carbocycles. The molecule has 0 saturated heterocycles. The molecule has 2 rings (SSSR count). The molecule has 0 aliphatic carbocycles. The van der Waals surface area contributed by atoms with E-state index in [0.29, 0.717) is 10.6 Å². The quantitative estimate of drug-likeness (QED) is 0.515. The van der Waals surface area contributed by atoms with Crippen molar-refractivity contribution in [2.45, 2.75) is 65.2 Å². The van der Waals surface area contributed by atoms with Crippen molar-refractivity contribution in [2.75, 3.05) is 7.05 Å². The van der Waals surface area contributed by atoms with Gasteiger partial charge in [-0.05, 0) is 60.6 Å². The smallest absolute Gasteiger partial charge is 0.442 e. The lowest BCUT2D eigenvalue weighted by Crippen LogP contribution is -2.61. The first-order valence-electron chi connectivity index (χ1n) is 9.62. The summed E-state index contributed by atoms with van der Waals surface area (Å²) in [6.45, 7) is 11.1. The van der Waals surface area contributed by atoms with Gasteiger partial charge in [-0.25, -0.2) is 19.0 Å². The highest BCUT2D eigenvalue weighted by molar-refractivity contribution is 6.24. The lowest BCUT2D eigenvalue weighted by atomic mass is 9.90. The fourth-order valence-corrected chi connectivity index (χ4v) is 2.80. The molecule has 9 nitrogen and oxygen atoms in total. The van der Waals surface area contributed by atoms with E-state index in [-0.39, 0.29) is 5.71 Å². The van der Waals surface area contributed by atoms with E-state index in [2.05, 4.69) is 5.10 Å². The van der Waals surface area contributed by atoms with Gasteiger partial charge < -0.3 is 9.47 Å². The van der Waals surface area contributed by atoms with Gasteiger partial charge in [-0.15, -0.1) is 5.06 Å². The van der Waals surface area contributed by atoms with Crippen LogP contribution in [0.1, 0.15) is 54.0 Å². The van der Waals surface area contributed by atoms with Crippen LogP contribution in [0, 0.1) is 5.82 Å². The third kappa shape index (κ3) is 5.50. The second-order valence-electron chi connectivity index (χ2n) is 9.19. The Morgan fingerprint density at radius 2 is 1.55 bits per heavy atom. The minimum Gasteiger partial charge on any atom is -0.442 e. The largest absolute Gasteiger partial charge is 0.534 e. The Balaban J connectivity index is 2.55. The fourth-order valence-electron chi connectivity index (χ4n) is 2.80. The number of hydrazone groups is 1. The van der Waals surface area contributed by atoms with Crippen molar-refractivity contribution in [3.63, 3.8) is 0 Å². The van der Waals surface area contributed by atoms with Crippen molar-refractivity contribution in [1.29, 1.82) is 0 Å². The summed E-state index contributed by atoms with van der Waals surface area (Å²) in [5.41, 5.74) is -3.35. The van der Waals surface area contributed by atoms with Crippen LogP contribution in [0.4, 0.5) is 14.0 Å². The van der Waals surface area contributed by atoms with Gasteiger partial charge in [-0.1, -0.05) is 12.1 Å². The van der Waals surface area contributed by atoms with Gasteiger partial charge in [0.25, 0.3) is 5.91 Å². The maximum Gasteiger partial charge on any atom is 0.534 e. The maximum atomic E-state index is 13.4. The molecule has 0 fully saturated rings. The van der Waals surface area contributed by atoms with Crippen LogP contribution in [0.15, 0.2) is 29.4 Å². The first-order chi connectivity index (χ1) is 14.0. The van der Waals surface area contributed by atoms with Crippen LogP contribution >= 0.6 is 0 Å². The summed E-state index contributed by atoms with van der Waals surface area (Å²) >= 11 is 0. The Kier molecular flexibility index (Phi) is 6.35. The minimum absolute atomic E-state index is 0.0643. The molecule has 0 radical (unpaired) electrons. The number of halogens is 1. The highest BCUT2D eigenvalue weighted by Crippen LogP contribution is 2.32. The van der Waals surface area contributed by atoms with E-state index in [1.54, 1.807) is 41.5 Å². The van der Waals surface area contributed by atoms with Crippen molar-refractivity contribution < 1.29 is 33.1 Å². The zero-order chi connectivity index (χ0) is 23.8. The number of hydroxylamine groups is 2. The van der Waals surface area contributed by atoms with E-state index in [0.717, 1.165) is 5.01 Å². The van der Waals surface area contributed by atoms with Crippen LogP contribution in [0.3, 0.4) is 0 Å². The van der Waals surface area contributed by atoms with Crippen LogP contribution in [-0.2, 0) is 19.1 Å². The van der Waals surface area contributed by atoms with Gasteiger partial charge >= 0.3 is 12.2 Å². The average molecular weight is 437 g/mol. The first kappa shape index (κ1) is 24.1. The molecule has 0 bridgehead atoms. The molecule has 31 heavy (non-hydrogen) atoms. The van der Waals surface area contributed by atoms with Crippen LogP contribution in [0.25, 0.3) is 0 Å². The van der Waals surface area contributed by atoms with Crippen LogP contribution in [-0.4, -0.2) is 57.7 Å². The van der Waals surface area contributed by atoms with Gasteiger partial charge in [0.15, 0.2) is 0 Å². The molecule has 1 atom stereocenters. The summed E-state index contributed by atoms with van der Waals surface area (Å²) in [4.78, 5) is 43.7. The third-order valence-corrected chi connectivity index (χ3v) is 4.06. The summed E-state index contributed by atoms with van der Waals surface area (Å²) in [6.07, 6.45) is -2.31. The van der Waals surface area contributed by atoms with Crippen molar-refractivity contribution in [3.05, 3.63) is 35.6 Å². The van der Waals surface area contributed by atoms with E-state index >= 15 is 0 Å². The lowest BCUT2D eigenvalue weighted by molar-refractivity contribution is -0.176. The van der Waals surface area contributed by atoms with Crippen LogP contribution in [0.5, 0.6) is 0 Å². The second kappa shape index (κ2) is 8.16. The van der Waals surface area contributed by atoms with Crippen molar-refractivity contribution >= 4 is 23.9 Å². The molecule has 0 saturated carbocycles. The molecule has 170 valence electrons. The molecule has 1 aliphatic rings. The molecule has 0 spiro atoms. The molecular formula is C21H28FN3O6. The molecule has 1 aromatic rings. The summed E-state index contributed by atoms with van der Waals surface area (Å²) in [5, 5.41) is 5.72. The van der Waals surface area contributed by atoms with E-state index in [4.69, 9.17) is 14.3 Å². The predicted octanol–water partition coefficient (Wildman–Crippen LogP) is 3.86. The maximum absolute atomic E-state index is 13.4. The molecule has 1 unspecified atom stereocenters. The lowest BCUT2D eigenvalue weighted by Gasteiger charge is -2.36. The normalized spacial score (nSPS) is 19.1. The van der Waals surface area contributed by atoms with Gasteiger partial charge in [0, 0.05) is 12.6 Å². The highest BCUT2D eigenvalue weighted by Gasteiger charge is 2.57. The van der Waals surface area contributed by atoms with Crippen molar-refractivity contribution in [2.24, 2.45) is 5.10 Å². The Bertz CT molecular complexity index is 901. The van der Waals surface area contributed by atoms with Gasteiger partial charge in [-0.2, -0.15) is 5.10 Å². The molecule has 2 amide bonds. The van der Waals surface area contributed by atoms with Gasteiger partial charge in [0.1, 0.15) is 22.7 Å². The highest BCUT2D eigenvalue weighted by atomic mass is 19.1. The molecule has 0 N–H and O–H groups in total. The van der Waals surface area contributed by atoms with E-state index < -0.39 is 40.7 Å². The Morgan fingerprint density at radius 1 is 1.03 bits per heavy atom. The number of hydrogen-bond donors (Lipinski definition) is 0. The van der Waals surface area contributed by atoms with Crippen LogP contribution < -0.4 is 0 Å². The number of carbonyl (C=O) groups is 3. The number of amides is 2. The Morgan fingerprint density at radius 3 is 2.03 bits per heavy atom. The number of likely N-dealkylation sites (N-methyl/N-ethyl adjacent to an activating group) is 1. The zero-order valence-electron chi connectivity index (χ0n) is 19.0. The van der Waals surface area contributed by atoms with Crippen LogP contribution in [0.2, 0.25) is 0 Å². The Hall–Kier alpha value is -3.17. The zero-order valence-corrected chi connectivity index (χ0v) is 19.0.